The fraction of sp³-hybridized carbons (Fsp3) is 0.385. The molecule has 1 fully saturated rings. The molecule has 6 heteroatoms. The van der Waals surface area contributed by atoms with Crippen LogP contribution < -0.4 is 14.4 Å². The Kier molecular flexibility index (Phi) is 6.49. The molecular formula is C26H30N2O4. The topological polar surface area (TPSA) is 59.1 Å². The molecule has 2 amide bonds. The highest BCUT2D eigenvalue weighted by molar-refractivity contribution is 6.45. The lowest BCUT2D eigenvalue weighted by Gasteiger charge is -2.32. The first kappa shape index (κ1) is 21.9. The lowest BCUT2D eigenvalue weighted by molar-refractivity contribution is -0.120. The lowest BCUT2D eigenvalue weighted by Crippen LogP contribution is -2.38. The van der Waals surface area contributed by atoms with Crippen LogP contribution in [0.4, 0.5) is 5.69 Å². The van der Waals surface area contributed by atoms with Gasteiger partial charge in [0.1, 0.15) is 17.2 Å². The number of carbonyl (C=O) groups is 2. The Labute approximate surface area is 189 Å². The molecule has 0 saturated carbocycles. The van der Waals surface area contributed by atoms with E-state index in [0.717, 1.165) is 32.4 Å². The Bertz CT molecular complexity index is 1020. The summed E-state index contributed by atoms with van der Waals surface area (Å²) < 4.78 is 11.1. The number of hydrogen-bond acceptors (Lipinski definition) is 5. The van der Waals surface area contributed by atoms with Crippen molar-refractivity contribution in [2.75, 3.05) is 31.7 Å². The number of likely N-dealkylation sites (tertiary alicyclic amines) is 1. The average Bonchev–Trinajstić information content (AvgIpc) is 3.08. The van der Waals surface area contributed by atoms with Crippen LogP contribution in [-0.2, 0) is 9.59 Å². The molecular weight excluding hydrogens is 404 g/mol. The van der Waals surface area contributed by atoms with Crippen molar-refractivity contribution in [1.29, 1.82) is 0 Å². The highest BCUT2D eigenvalue weighted by atomic mass is 16.5. The zero-order valence-electron chi connectivity index (χ0n) is 19.0. The van der Waals surface area contributed by atoms with Crippen LogP contribution in [0.3, 0.4) is 0 Å². The summed E-state index contributed by atoms with van der Waals surface area (Å²) in [5.74, 6) is 1.25. The van der Waals surface area contributed by atoms with Crippen LogP contribution >= 0.6 is 0 Å². The summed E-state index contributed by atoms with van der Waals surface area (Å²) in [6, 6.07) is 14.6. The molecule has 2 heterocycles. The van der Waals surface area contributed by atoms with Gasteiger partial charge in [0.05, 0.1) is 25.0 Å². The van der Waals surface area contributed by atoms with Crippen LogP contribution in [0.5, 0.6) is 11.5 Å². The highest BCUT2D eigenvalue weighted by Crippen LogP contribution is 2.39. The first-order valence-electron chi connectivity index (χ1n) is 11.3. The van der Waals surface area contributed by atoms with Crippen LogP contribution in [0.25, 0.3) is 5.57 Å². The first-order chi connectivity index (χ1) is 15.5. The SMILES string of the molecule is CCCOc1ccccc1N1C(=O)C(c2ccc(OC)cc2)=C(N2CCC(C)CC2)C1=O. The van der Waals surface area contributed by atoms with Crippen LogP contribution in [0.1, 0.15) is 38.7 Å². The Morgan fingerprint density at radius 2 is 1.66 bits per heavy atom. The third kappa shape index (κ3) is 4.09. The maximum absolute atomic E-state index is 13.8. The van der Waals surface area contributed by atoms with Crippen molar-refractivity contribution in [1.82, 2.24) is 4.90 Å². The summed E-state index contributed by atoms with van der Waals surface area (Å²) in [5, 5.41) is 0. The minimum absolute atomic E-state index is 0.289. The number of methoxy groups -OCH3 is 1. The van der Waals surface area contributed by atoms with Crippen molar-refractivity contribution in [3.05, 3.63) is 59.8 Å². The number of rotatable bonds is 7. The molecule has 4 rings (SSSR count). The van der Waals surface area contributed by atoms with Crippen molar-refractivity contribution in [3.8, 4) is 11.5 Å². The molecule has 2 aliphatic heterocycles. The van der Waals surface area contributed by atoms with Gasteiger partial charge in [0, 0.05) is 13.1 Å². The predicted octanol–water partition coefficient (Wildman–Crippen LogP) is 4.50. The maximum atomic E-state index is 13.8. The van der Waals surface area contributed by atoms with E-state index in [-0.39, 0.29) is 11.8 Å². The molecule has 0 aromatic heterocycles. The van der Waals surface area contributed by atoms with Gasteiger partial charge in [-0.1, -0.05) is 38.1 Å². The van der Waals surface area contributed by atoms with Gasteiger partial charge in [0.15, 0.2) is 0 Å². The lowest BCUT2D eigenvalue weighted by atomic mass is 9.97. The number of nitrogens with zero attached hydrogens (tertiary/aromatic N) is 2. The van der Waals surface area contributed by atoms with Gasteiger partial charge < -0.3 is 14.4 Å². The zero-order chi connectivity index (χ0) is 22.7. The molecule has 2 aromatic rings. The number of piperidine rings is 1. The quantitative estimate of drug-likeness (QED) is 0.601. The van der Waals surface area contributed by atoms with Gasteiger partial charge >= 0.3 is 0 Å². The molecule has 1 saturated heterocycles. The van der Waals surface area contributed by atoms with E-state index < -0.39 is 0 Å². The third-order valence-electron chi connectivity index (χ3n) is 6.11. The maximum Gasteiger partial charge on any atom is 0.282 e. The van der Waals surface area contributed by atoms with E-state index in [0.29, 0.717) is 46.5 Å². The molecule has 0 bridgehead atoms. The van der Waals surface area contributed by atoms with E-state index in [2.05, 4.69) is 11.8 Å². The Morgan fingerprint density at radius 1 is 0.969 bits per heavy atom. The normalized spacial score (nSPS) is 17.3. The van der Waals surface area contributed by atoms with Crippen molar-refractivity contribution >= 4 is 23.1 Å². The van der Waals surface area contributed by atoms with Crippen molar-refractivity contribution < 1.29 is 19.1 Å². The van der Waals surface area contributed by atoms with Gasteiger partial charge in [-0.15, -0.1) is 0 Å². The number of para-hydroxylation sites is 2. The first-order valence-corrected chi connectivity index (χ1v) is 11.3. The molecule has 0 aliphatic carbocycles. The average molecular weight is 435 g/mol. The molecule has 32 heavy (non-hydrogen) atoms. The summed E-state index contributed by atoms with van der Waals surface area (Å²) in [5.41, 5.74) is 2.13. The standard InChI is InChI=1S/C26H30N2O4/c1-4-17-32-22-8-6-5-7-21(22)28-25(29)23(19-9-11-20(31-3)12-10-19)24(26(28)30)27-15-13-18(2)14-16-27/h5-12,18H,4,13-17H2,1-3H3. The fourth-order valence-electron chi connectivity index (χ4n) is 4.26. The van der Waals surface area contributed by atoms with E-state index >= 15 is 0 Å². The van der Waals surface area contributed by atoms with Gasteiger partial charge in [-0.05, 0) is 55.0 Å². The van der Waals surface area contributed by atoms with Gasteiger partial charge in [-0.3, -0.25) is 9.59 Å². The number of anilines is 1. The van der Waals surface area contributed by atoms with Crippen molar-refractivity contribution in [2.24, 2.45) is 5.92 Å². The number of carbonyl (C=O) groups excluding carboxylic acids is 2. The monoisotopic (exact) mass is 434 g/mol. The van der Waals surface area contributed by atoms with Gasteiger partial charge in [-0.2, -0.15) is 0 Å². The number of imide groups is 1. The van der Waals surface area contributed by atoms with Crippen LogP contribution in [0, 0.1) is 5.92 Å². The molecule has 2 aromatic carbocycles. The van der Waals surface area contributed by atoms with E-state index in [4.69, 9.17) is 9.47 Å². The van der Waals surface area contributed by atoms with Crippen molar-refractivity contribution in [3.63, 3.8) is 0 Å². The zero-order valence-corrected chi connectivity index (χ0v) is 19.0. The molecule has 0 unspecified atom stereocenters. The molecule has 0 atom stereocenters. The fourth-order valence-corrected chi connectivity index (χ4v) is 4.26. The number of benzene rings is 2. The highest BCUT2D eigenvalue weighted by Gasteiger charge is 2.43. The summed E-state index contributed by atoms with van der Waals surface area (Å²) in [6.07, 6.45) is 2.83. The second-order valence-corrected chi connectivity index (χ2v) is 8.38. The Morgan fingerprint density at radius 3 is 2.31 bits per heavy atom. The van der Waals surface area contributed by atoms with Gasteiger partial charge in [0.2, 0.25) is 0 Å². The summed E-state index contributed by atoms with van der Waals surface area (Å²) in [4.78, 5) is 30.9. The summed E-state index contributed by atoms with van der Waals surface area (Å²) >= 11 is 0. The van der Waals surface area contributed by atoms with Gasteiger partial charge in [0.25, 0.3) is 11.8 Å². The predicted molar refractivity (Wildman–Crippen MR) is 125 cm³/mol. The molecule has 0 spiro atoms. The largest absolute Gasteiger partial charge is 0.497 e. The minimum Gasteiger partial charge on any atom is -0.497 e. The molecule has 168 valence electrons. The number of ether oxygens (including phenoxy) is 2. The van der Waals surface area contributed by atoms with E-state index in [1.165, 1.54) is 4.90 Å². The second kappa shape index (κ2) is 9.47. The summed E-state index contributed by atoms with van der Waals surface area (Å²) in [7, 11) is 1.60. The second-order valence-electron chi connectivity index (χ2n) is 8.38. The minimum atomic E-state index is -0.318. The van der Waals surface area contributed by atoms with E-state index in [1.54, 1.807) is 19.2 Å². The smallest absolute Gasteiger partial charge is 0.282 e. The summed E-state index contributed by atoms with van der Waals surface area (Å²) in [6.45, 7) is 6.29. The van der Waals surface area contributed by atoms with Crippen LogP contribution in [-0.4, -0.2) is 43.5 Å². The van der Waals surface area contributed by atoms with Crippen LogP contribution in [0.15, 0.2) is 54.2 Å². The Hall–Kier alpha value is -3.28. The van der Waals surface area contributed by atoms with E-state index in [9.17, 15) is 9.59 Å². The molecule has 6 nitrogen and oxygen atoms in total. The van der Waals surface area contributed by atoms with Crippen LogP contribution in [0.2, 0.25) is 0 Å². The molecule has 0 N–H and O–H groups in total. The van der Waals surface area contributed by atoms with Gasteiger partial charge in [-0.25, -0.2) is 4.90 Å². The third-order valence-corrected chi connectivity index (χ3v) is 6.11. The molecule has 0 radical (unpaired) electrons. The number of hydrogen-bond donors (Lipinski definition) is 0. The van der Waals surface area contributed by atoms with E-state index in [1.807, 2.05) is 43.3 Å². The molecule has 2 aliphatic rings. The van der Waals surface area contributed by atoms with Crippen molar-refractivity contribution in [2.45, 2.75) is 33.1 Å². The Balaban J connectivity index is 1.78. The number of amides is 2.